The van der Waals surface area contributed by atoms with Crippen molar-refractivity contribution < 1.29 is 23.7 Å². The first-order valence-corrected chi connectivity index (χ1v) is 6.66. The van der Waals surface area contributed by atoms with Crippen LogP contribution in [0.2, 0.25) is 0 Å². The molecule has 0 saturated carbocycles. The van der Waals surface area contributed by atoms with E-state index in [1.54, 1.807) is 24.3 Å². The van der Waals surface area contributed by atoms with Crippen LogP contribution in [0, 0.1) is 11.3 Å². The van der Waals surface area contributed by atoms with Gasteiger partial charge in [-0.3, -0.25) is 0 Å². The van der Waals surface area contributed by atoms with Crippen LogP contribution in [-0.4, -0.2) is 27.3 Å². The van der Waals surface area contributed by atoms with Crippen LogP contribution in [0.3, 0.4) is 0 Å². The predicted molar refractivity (Wildman–Crippen MR) is 82.2 cm³/mol. The topological polar surface area (TPSA) is 77.8 Å². The van der Waals surface area contributed by atoms with E-state index in [1.807, 2.05) is 6.07 Å². The van der Waals surface area contributed by atoms with E-state index in [-0.39, 0.29) is 16.9 Å². The van der Waals surface area contributed by atoms with Crippen molar-refractivity contribution in [2.75, 3.05) is 21.3 Å². The molecule has 6 heteroatoms. The molecule has 0 atom stereocenters. The van der Waals surface area contributed by atoms with Gasteiger partial charge in [-0.1, -0.05) is 12.1 Å². The number of hydrogen-bond donors (Lipinski definition) is 0. The monoisotopic (exact) mass is 313 g/mol. The van der Waals surface area contributed by atoms with E-state index in [0.29, 0.717) is 17.2 Å². The highest BCUT2D eigenvalue weighted by molar-refractivity contribution is 5.93. The molecule has 0 aliphatic heterocycles. The summed E-state index contributed by atoms with van der Waals surface area (Å²) in [7, 11) is 4.39. The number of para-hydroxylation sites is 1. The minimum absolute atomic E-state index is 0.189. The number of nitriles is 1. The third-order valence-electron chi connectivity index (χ3n) is 3.11. The molecule has 0 aliphatic rings. The van der Waals surface area contributed by atoms with Crippen molar-refractivity contribution in [1.29, 1.82) is 5.26 Å². The van der Waals surface area contributed by atoms with Gasteiger partial charge >= 0.3 is 5.97 Å². The fraction of sp³-hybridized carbons (Fsp3) is 0.176. The smallest absolute Gasteiger partial charge is 0.343 e. The molecule has 0 heterocycles. The Morgan fingerprint density at radius 2 is 1.57 bits per heavy atom. The zero-order valence-corrected chi connectivity index (χ0v) is 13.0. The van der Waals surface area contributed by atoms with Crippen LogP contribution in [0.15, 0.2) is 36.4 Å². The van der Waals surface area contributed by atoms with E-state index in [9.17, 15) is 4.79 Å². The summed E-state index contributed by atoms with van der Waals surface area (Å²) in [5, 5.41) is 9.04. The molecule has 0 saturated heterocycles. The first kappa shape index (κ1) is 16.2. The Morgan fingerprint density at radius 1 is 0.957 bits per heavy atom. The van der Waals surface area contributed by atoms with Gasteiger partial charge in [0.25, 0.3) is 0 Å². The van der Waals surface area contributed by atoms with Crippen LogP contribution >= 0.6 is 0 Å². The average Bonchev–Trinajstić information content (AvgIpc) is 2.60. The van der Waals surface area contributed by atoms with Gasteiger partial charge in [0.05, 0.1) is 32.5 Å². The molecule has 0 aliphatic carbocycles. The molecule has 0 radical (unpaired) electrons. The number of nitrogens with zero attached hydrogens (tertiary/aromatic N) is 1. The fourth-order valence-electron chi connectivity index (χ4n) is 2.01. The molecule has 0 amide bonds. The fourth-order valence-corrected chi connectivity index (χ4v) is 2.01. The number of benzene rings is 2. The number of carbonyl (C=O) groups excluding carboxylic acids is 1. The highest BCUT2D eigenvalue weighted by atomic mass is 16.5. The number of esters is 1. The SMILES string of the molecule is COc1cc(C(=O)Oc2ccccc2C#N)cc(OC)c1OC. The largest absolute Gasteiger partial charge is 0.493 e. The maximum atomic E-state index is 12.3. The Morgan fingerprint density at radius 3 is 2.09 bits per heavy atom. The lowest BCUT2D eigenvalue weighted by molar-refractivity contribution is 0.0733. The molecule has 23 heavy (non-hydrogen) atoms. The lowest BCUT2D eigenvalue weighted by Gasteiger charge is -2.13. The zero-order valence-electron chi connectivity index (χ0n) is 13.0. The third-order valence-corrected chi connectivity index (χ3v) is 3.11. The molecular formula is C17H15NO5. The average molecular weight is 313 g/mol. The molecule has 6 nitrogen and oxygen atoms in total. The maximum Gasteiger partial charge on any atom is 0.343 e. The van der Waals surface area contributed by atoms with Crippen LogP contribution in [0.1, 0.15) is 15.9 Å². The van der Waals surface area contributed by atoms with Crippen molar-refractivity contribution >= 4 is 5.97 Å². The Balaban J connectivity index is 2.38. The molecular weight excluding hydrogens is 298 g/mol. The quantitative estimate of drug-likeness (QED) is 0.624. The predicted octanol–water partition coefficient (Wildman–Crippen LogP) is 2.80. The van der Waals surface area contributed by atoms with Crippen LogP contribution in [0.4, 0.5) is 0 Å². The molecule has 2 aromatic carbocycles. The summed E-state index contributed by atoms with van der Waals surface area (Å²) in [5.74, 6) is 0.615. The molecule has 2 aromatic rings. The van der Waals surface area contributed by atoms with Crippen molar-refractivity contribution in [2.45, 2.75) is 0 Å². The van der Waals surface area contributed by atoms with Gasteiger partial charge in [-0.05, 0) is 24.3 Å². The van der Waals surface area contributed by atoms with Crippen molar-refractivity contribution in [3.63, 3.8) is 0 Å². The minimum Gasteiger partial charge on any atom is -0.493 e. The second-order valence-electron chi connectivity index (χ2n) is 4.41. The van der Waals surface area contributed by atoms with Gasteiger partial charge in [0.2, 0.25) is 5.75 Å². The van der Waals surface area contributed by atoms with E-state index >= 15 is 0 Å². The highest BCUT2D eigenvalue weighted by Crippen LogP contribution is 2.38. The van der Waals surface area contributed by atoms with Gasteiger partial charge in [-0.25, -0.2) is 4.79 Å². The van der Waals surface area contributed by atoms with E-state index < -0.39 is 5.97 Å². The van der Waals surface area contributed by atoms with Crippen LogP contribution in [0.5, 0.6) is 23.0 Å². The summed E-state index contributed by atoms with van der Waals surface area (Å²) in [5.41, 5.74) is 0.487. The first-order valence-electron chi connectivity index (χ1n) is 6.66. The molecule has 0 N–H and O–H groups in total. The molecule has 0 fully saturated rings. The van der Waals surface area contributed by atoms with E-state index in [1.165, 1.54) is 33.5 Å². The molecule has 0 bridgehead atoms. The van der Waals surface area contributed by atoms with Crippen LogP contribution in [-0.2, 0) is 0 Å². The summed E-state index contributed by atoms with van der Waals surface area (Å²) in [6.07, 6.45) is 0. The van der Waals surface area contributed by atoms with Gasteiger partial charge < -0.3 is 18.9 Å². The lowest BCUT2D eigenvalue weighted by Crippen LogP contribution is -2.10. The number of hydrogen-bond acceptors (Lipinski definition) is 6. The van der Waals surface area contributed by atoms with E-state index in [4.69, 9.17) is 24.2 Å². The second kappa shape index (κ2) is 7.18. The van der Waals surface area contributed by atoms with Crippen molar-refractivity contribution in [3.05, 3.63) is 47.5 Å². The van der Waals surface area contributed by atoms with Gasteiger partial charge in [0.1, 0.15) is 11.8 Å². The molecule has 0 unspecified atom stereocenters. The standard InChI is InChI=1S/C17H15NO5/c1-20-14-8-12(9-15(21-2)16(14)22-3)17(19)23-13-7-5-4-6-11(13)10-18/h4-9H,1-3H3. The number of carbonyl (C=O) groups is 1. The van der Waals surface area contributed by atoms with Gasteiger partial charge in [-0.2, -0.15) is 5.26 Å². The van der Waals surface area contributed by atoms with Crippen molar-refractivity contribution in [3.8, 4) is 29.1 Å². The highest BCUT2D eigenvalue weighted by Gasteiger charge is 2.19. The third kappa shape index (κ3) is 3.35. The lowest BCUT2D eigenvalue weighted by atomic mass is 10.1. The summed E-state index contributed by atoms with van der Waals surface area (Å²) in [6.45, 7) is 0. The number of methoxy groups -OCH3 is 3. The first-order chi connectivity index (χ1) is 11.1. The Labute approximate surface area is 133 Å². The van der Waals surface area contributed by atoms with Crippen LogP contribution < -0.4 is 18.9 Å². The summed E-state index contributed by atoms with van der Waals surface area (Å²) >= 11 is 0. The van der Waals surface area contributed by atoms with Crippen molar-refractivity contribution in [2.24, 2.45) is 0 Å². The Kier molecular flexibility index (Phi) is 5.05. The van der Waals surface area contributed by atoms with Crippen molar-refractivity contribution in [1.82, 2.24) is 0 Å². The summed E-state index contributed by atoms with van der Waals surface area (Å²) in [4.78, 5) is 12.3. The Bertz CT molecular complexity index is 739. The molecule has 0 spiro atoms. The van der Waals surface area contributed by atoms with E-state index in [0.717, 1.165) is 0 Å². The molecule has 118 valence electrons. The maximum absolute atomic E-state index is 12.3. The van der Waals surface area contributed by atoms with Gasteiger partial charge in [0, 0.05) is 0 Å². The number of ether oxygens (including phenoxy) is 4. The Hall–Kier alpha value is -3.20. The van der Waals surface area contributed by atoms with Crippen LogP contribution in [0.25, 0.3) is 0 Å². The normalized spacial score (nSPS) is 9.65. The molecule has 2 rings (SSSR count). The van der Waals surface area contributed by atoms with Gasteiger partial charge in [-0.15, -0.1) is 0 Å². The minimum atomic E-state index is -0.632. The summed E-state index contributed by atoms with van der Waals surface area (Å²) < 4.78 is 20.9. The van der Waals surface area contributed by atoms with E-state index in [2.05, 4.69) is 0 Å². The summed E-state index contributed by atoms with van der Waals surface area (Å²) in [6, 6.07) is 11.4. The number of rotatable bonds is 5. The second-order valence-corrected chi connectivity index (χ2v) is 4.41. The zero-order chi connectivity index (χ0) is 16.8. The van der Waals surface area contributed by atoms with Gasteiger partial charge in [0.15, 0.2) is 11.5 Å². The molecule has 0 aromatic heterocycles.